The Balaban J connectivity index is 1.62. The van der Waals surface area contributed by atoms with E-state index in [0.717, 1.165) is 38.2 Å². The number of imidazole rings is 1. The van der Waals surface area contributed by atoms with Crippen LogP contribution in [0.15, 0.2) is 12.4 Å². The van der Waals surface area contributed by atoms with E-state index in [1.807, 2.05) is 17.3 Å². The molecule has 2 fully saturated rings. The molecule has 6 nitrogen and oxygen atoms in total. The summed E-state index contributed by atoms with van der Waals surface area (Å²) in [5, 5.41) is 0. The maximum atomic E-state index is 12.5. The average Bonchev–Trinajstić information content (AvgIpc) is 3.16. The van der Waals surface area contributed by atoms with Crippen LogP contribution in [0.25, 0.3) is 0 Å². The molecule has 22 heavy (non-hydrogen) atoms. The fourth-order valence-electron chi connectivity index (χ4n) is 3.16. The van der Waals surface area contributed by atoms with Gasteiger partial charge in [0.15, 0.2) is 0 Å². The Labute approximate surface area is 134 Å². The van der Waals surface area contributed by atoms with Crippen LogP contribution < -0.4 is 0 Å². The summed E-state index contributed by atoms with van der Waals surface area (Å²) in [6, 6.07) is 0.304. The lowest BCUT2D eigenvalue weighted by atomic mass is 10.1. The summed E-state index contributed by atoms with van der Waals surface area (Å²) in [6.07, 6.45) is 6.82. The second-order valence-electron chi connectivity index (χ2n) is 5.81. The molecule has 0 aliphatic carbocycles. The number of likely N-dealkylation sites (tertiary alicyclic amines) is 1. The zero-order valence-electron chi connectivity index (χ0n) is 12.9. The first-order valence-corrected chi connectivity index (χ1v) is 8.99. The molecular weight excluding hydrogens is 300 g/mol. The lowest BCUT2D eigenvalue weighted by Crippen LogP contribution is -2.46. The summed E-state index contributed by atoms with van der Waals surface area (Å²) in [5.74, 6) is 2.37. The lowest BCUT2D eigenvalue weighted by molar-refractivity contribution is -0.139. The third-order valence-corrected chi connectivity index (χ3v) is 5.30. The molecule has 1 unspecified atom stereocenters. The van der Waals surface area contributed by atoms with Crippen LogP contribution in [0, 0.1) is 0 Å². The fraction of sp³-hybridized carbons (Fsp3) is 0.667. The Morgan fingerprint density at radius 2 is 2.36 bits per heavy atom. The largest absolute Gasteiger partial charge is 0.339 e. The second kappa shape index (κ2) is 6.73. The molecule has 0 saturated carbocycles. The standard InChI is InChI=1S/C15H22N4O2S/c1-2-13-16-5-7-19(13)12-4-3-6-17(8-12)14(20)9-18-11-22-10-15(18)21/h5,7,12H,2-4,6,8-11H2,1H3. The molecule has 0 bridgehead atoms. The van der Waals surface area contributed by atoms with Gasteiger partial charge in [-0.1, -0.05) is 6.92 Å². The Hall–Kier alpha value is -1.50. The fourth-order valence-corrected chi connectivity index (χ4v) is 4.07. The van der Waals surface area contributed by atoms with Crippen molar-refractivity contribution in [3.63, 3.8) is 0 Å². The lowest BCUT2D eigenvalue weighted by Gasteiger charge is -2.34. The number of hydrogen-bond acceptors (Lipinski definition) is 4. The van der Waals surface area contributed by atoms with Crippen molar-refractivity contribution in [2.75, 3.05) is 31.3 Å². The molecule has 1 atom stereocenters. The second-order valence-corrected chi connectivity index (χ2v) is 6.76. The van der Waals surface area contributed by atoms with Gasteiger partial charge >= 0.3 is 0 Å². The highest BCUT2D eigenvalue weighted by molar-refractivity contribution is 8.00. The highest BCUT2D eigenvalue weighted by atomic mass is 32.2. The van der Waals surface area contributed by atoms with Crippen molar-refractivity contribution < 1.29 is 9.59 Å². The van der Waals surface area contributed by atoms with Gasteiger partial charge < -0.3 is 14.4 Å². The van der Waals surface area contributed by atoms with Crippen LogP contribution in [0.1, 0.15) is 31.6 Å². The van der Waals surface area contributed by atoms with E-state index in [-0.39, 0.29) is 18.4 Å². The van der Waals surface area contributed by atoms with E-state index in [0.29, 0.717) is 17.7 Å². The normalized spacial score (nSPS) is 22.4. The monoisotopic (exact) mass is 322 g/mol. The van der Waals surface area contributed by atoms with Crippen LogP contribution in [0.4, 0.5) is 0 Å². The quantitative estimate of drug-likeness (QED) is 0.834. The van der Waals surface area contributed by atoms with Crippen LogP contribution in [0.5, 0.6) is 0 Å². The summed E-state index contributed by atoms with van der Waals surface area (Å²) < 4.78 is 2.20. The van der Waals surface area contributed by atoms with E-state index < -0.39 is 0 Å². The van der Waals surface area contributed by atoms with Gasteiger partial charge in [-0.2, -0.15) is 0 Å². The minimum atomic E-state index is 0.0683. The zero-order valence-corrected chi connectivity index (χ0v) is 13.7. The summed E-state index contributed by atoms with van der Waals surface area (Å²) in [6.45, 7) is 3.84. The van der Waals surface area contributed by atoms with Gasteiger partial charge in [0, 0.05) is 31.9 Å². The number of rotatable bonds is 4. The van der Waals surface area contributed by atoms with E-state index in [4.69, 9.17) is 0 Å². The van der Waals surface area contributed by atoms with Crippen molar-refractivity contribution in [2.45, 2.75) is 32.2 Å². The van der Waals surface area contributed by atoms with Crippen molar-refractivity contribution in [3.8, 4) is 0 Å². The molecule has 3 rings (SSSR count). The average molecular weight is 322 g/mol. The molecule has 1 aromatic heterocycles. The van der Waals surface area contributed by atoms with Gasteiger partial charge in [-0.15, -0.1) is 11.8 Å². The molecule has 0 N–H and O–H groups in total. The Morgan fingerprint density at radius 3 is 3.09 bits per heavy atom. The van der Waals surface area contributed by atoms with Crippen molar-refractivity contribution in [1.29, 1.82) is 0 Å². The first kappa shape index (κ1) is 15.4. The molecule has 2 aliphatic rings. The van der Waals surface area contributed by atoms with Crippen LogP contribution in [0.2, 0.25) is 0 Å². The molecular formula is C15H22N4O2S. The number of amides is 2. The van der Waals surface area contributed by atoms with E-state index in [1.165, 1.54) is 0 Å². The van der Waals surface area contributed by atoms with Crippen molar-refractivity contribution in [3.05, 3.63) is 18.2 Å². The molecule has 2 saturated heterocycles. The number of carbonyl (C=O) groups excluding carboxylic acids is 2. The summed E-state index contributed by atoms with van der Waals surface area (Å²) >= 11 is 1.58. The van der Waals surface area contributed by atoms with Gasteiger partial charge in [0.1, 0.15) is 12.4 Å². The summed E-state index contributed by atoms with van der Waals surface area (Å²) in [5.41, 5.74) is 0. The number of piperidine rings is 1. The van der Waals surface area contributed by atoms with Gasteiger partial charge in [-0.3, -0.25) is 9.59 Å². The number of nitrogens with zero attached hydrogens (tertiary/aromatic N) is 4. The molecule has 120 valence electrons. The Bertz CT molecular complexity index is 559. The van der Waals surface area contributed by atoms with Gasteiger partial charge in [0.2, 0.25) is 11.8 Å². The predicted octanol–water partition coefficient (Wildman–Crippen LogP) is 1.14. The Kier molecular flexibility index (Phi) is 4.71. The van der Waals surface area contributed by atoms with Crippen LogP contribution in [-0.4, -0.2) is 62.4 Å². The molecule has 1 aromatic rings. The minimum Gasteiger partial charge on any atom is -0.339 e. The topological polar surface area (TPSA) is 58.4 Å². The van der Waals surface area contributed by atoms with Crippen molar-refractivity contribution in [2.24, 2.45) is 0 Å². The smallest absolute Gasteiger partial charge is 0.242 e. The highest BCUT2D eigenvalue weighted by Gasteiger charge is 2.29. The minimum absolute atomic E-state index is 0.0683. The van der Waals surface area contributed by atoms with Gasteiger partial charge in [0.05, 0.1) is 17.7 Å². The van der Waals surface area contributed by atoms with Gasteiger partial charge in [0.25, 0.3) is 0 Å². The van der Waals surface area contributed by atoms with Gasteiger partial charge in [-0.05, 0) is 12.8 Å². The van der Waals surface area contributed by atoms with E-state index >= 15 is 0 Å². The molecule has 0 spiro atoms. The van der Waals surface area contributed by atoms with Crippen LogP contribution in [-0.2, 0) is 16.0 Å². The molecule has 2 aliphatic heterocycles. The molecule has 0 aromatic carbocycles. The number of carbonyl (C=O) groups is 2. The van der Waals surface area contributed by atoms with Crippen molar-refractivity contribution >= 4 is 23.6 Å². The molecule has 0 radical (unpaired) electrons. The maximum absolute atomic E-state index is 12.5. The molecule has 2 amide bonds. The highest BCUT2D eigenvalue weighted by Crippen LogP contribution is 2.23. The Morgan fingerprint density at radius 1 is 1.50 bits per heavy atom. The molecule has 7 heteroatoms. The number of thioether (sulfide) groups is 1. The third-order valence-electron chi connectivity index (χ3n) is 4.36. The first-order valence-electron chi connectivity index (χ1n) is 7.84. The van der Waals surface area contributed by atoms with Crippen molar-refractivity contribution in [1.82, 2.24) is 19.4 Å². The SMILES string of the molecule is CCc1nccn1C1CCCN(C(=O)CN2CSCC2=O)C1. The zero-order chi connectivity index (χ0) is 15.5. The summed E-state index contributed by atoms with van der Waals surface area (Å²) in [4.78, 5) is 32.1. The predicted molar refractivity (Wildman–Crippen MR) is 85.5 cm³/mol. The van der Waals surface area contributed by atoms with Gasteiger partial charge in [-0.25, -0.2) is 4.98 Å². The van der Waals surface area contributed by atoms with E-state index in [2.05, 4.69) is 16.5 Å². The van der Waals surface area contributed by atoms with Crippen LogP contribution in [0.3, 0.4) is 0 Å². The number of hydrogen-bond donors (Lipinski definition) is 0. The number of aryl methyl sites for hydroxylation is 1. The summed E-state index contributed by atoms with van der Waals surface area (Å²) in [7, 11) is 0. The number of aromatic nitrogens is 2. The third kappa shape index (κ3) is 3.14. The maximum Gasteiger partial charge on any atom is 0.242 e. The first-order chi connectivity index (χ1) is 10.7. The van der Waals surface area contributed by atoms with E-state index in [1.54, 1.807) is 16.7 Å². The molecule has 3 heterocycles. The van der Waals surface area contributed by atoms with E-state index in [9.17, 15) is 9.59 Å². The van der Waals surface area contributed by atoms with Crippen LogP contribution >= 0.6 is 11.8 Å².